The lowest BCUT2D eigenvalue weighted by atomic mass is 9.67. The first-order valence-electron chi connectivity index (χ1n) is 22.3. The molecule has 65 heavy (non-hydrogen) atoms. The SMILES string of the molecule is C=C/C=C\c1c(C)c2cc(-c3ccc(N(c4ccc5c(c4)C(c4ccccc4)(c4ccccc4)c4ccccc4-5)c4ccc5c(c4)oc4ccccc45)cc3)ccc2n1-c1ccccc1. The maximum Gasteiger partial charge on any atom is 0.137 e. The smallest absolute Gasteiger partial charge is 0.137 e. The summed E-state index contributed by atoms with van der Waals surface area (Å²) in [5.74, 6) is 0. The largest absolute Gasteiger partial charge is 0.456 e. The van der Waals surface area contributed by atoms with E-state index in [-0.39, 0.29) is 0 Å². The maximum absolute atomic E-state index is 6.52. The number of benzene rings is 9. The lowest BCUT2D eigenvalue weighted by Gasteiger charge is -2.35. The van der Waals surface area contributed by atoms with E-state index in [1.165, 1.54) is 49.8 Å². The molecule has 0 amide bonds. The van der Waals surface area contributed by atoms with Gasteiger partial charge in [0, 0.05) is 50.7 Å². The van der Waals surface area contributed by atoms with Gasteiger partial charge in [0.1, 0.15) is 11.2 Å². The molecule has 0 fully saturated rings. The molecule has 12 rings (SSSR count). The van der Waals surface area contributed by atoms with Crippen LogP contribution in [0.3, 0.4) is 0 Å². The minimum Gasteiger partial charge on any atom is -0.456 e. The van der Waals surface area contributed by atoms with Crippen molar-refractivity contribution in [2.75, 3.05) is 4.90 Å². The van der Waals surface area contributed by atoms with Crippen LogP contribution in [-0.4, -0.2) is 4.57 Å². The van der Waals surface area contributed by atoms with Gasteiger partial charge in [0.25, 0.3) is 0 Å². The summed E-state index contributed by atoms with van der Waals surface area (Å²) in [5.41, 5.74) is 18.9. The van der Waals surface area contributed by atoms with Gasteiger partial charge in [-0.1, -0.05) is 164 Å². The van der Waals surface area contributed by atoms with E-state index >= 15 is 0 Å². The van der Waals surface area contributed by atoms with Gasteiger partial charge in [-0.05, 0) is 130 Å². The molecule has 0 aliphatic heterocycles. The summed E-state index contributed by atoms with van der Waals surface area (Å²) in [6.45, 7) is 6.16. The molecule has 2 heterocycles. The predicted molar refractivity (Wildman–Crippen MR) is 272 cm³/mol. The molecule has 0 N–H and O–H groups in total. The van der Waals surface area contributed by atoms with Crippen LogP contribution in [-0.2, 0) is 5.41 Å². The van der Waals surface area contributed by atoms with Crippen molar-refractivity contribution in [1.29, 1.82) is 0 Å². The van der Waals surface area contributed by atoms with E-state index < -0.39 is 5.41 Å². The highest BCUT2D eigenvalue weighted by Gasteiger charge is 2.46. The zero-order valence-corrected chi connectivity index (χ0v) is 36.0. The van der Waals surface area contributed by atoms with Crippen molar-refractivity contribution < 1.29 is 4.42 Å². The van der Waals surface area contributed by atoms with Crippen molar-refractivity contribution in [2.24, 2.45) is 0 Å². The fourth-order valence-electron chi connectivity index (χ4n) is 10.5. The Kier molecular flexibility index (Phi) is 9.10. The van der Waals surface area contributed by atoms with Crippen molar-refractivity contribution in [2.45, 2.75) is 12.3 Å². The minimum atomic E-state index is -0.528. The van der Waals surface area contributed by atoms with Crippen LogP contribution in [0.2, 0.25) is 0 Å². The fourth-order valence-corrected chi connectivity index (χ4v) is 10.5. The second kappa shape index (κ2) is 15.4. The molecule has 9 aromatic carbocycles. The highest BCUT2D eigenvalue weighted by atomic mass is 16.3. The Morgan fingerprint density at radius 2 is 1.09 bits per heavy atom. The monoisotopic (exact) mass is 832 g/mol. The molecule has 1 aliphatic carbocycles. The lowest BCUT2D eigenvalue weighted by molar-refractivity contribution is 0.669. The normalized spacial score (nSPS) is 12.8. The first kappa shape index (κ1) is 38.3. The van der Waals surface area contributed by atoms with E-state index in [0.717, 1.165) is 61.5 Å². The highest BCUT2D eigenvalue weighted by Crippen LogP contribution is 2.57. The molecule has 2 aromatic heterocycles. The third-order valence-electron chi connectivity index (χ3n) is 13.5. The Hall–Kier alpha value is -8.40. The molecule has 0 bridgehead atoms. The number of aromatic nitrogens is 1. The molecule has 3 nitrogen and oxygen atoms in total. The third kappa shape index (κ3) is 6.04. The van der Waals surface area contributed by atoms with Crippen molar-refractivity contribution in [3.8, 4) is 27.9 Å². The van der Waals surface area contributed by atoms with Gasteiger partial charge >= 0.3 is 0 Å². The van der Waals surface area contributed by atoms with Gasteiger partial charge in [0.2, 0.25) is 0 Å². The van der Waals surface area contributed by atoms with Gasteiger partial charge in [0.05, 0.1) is 10.9 Å². The predicted octanol–water partition coefficient (Wildman–Crippen LogP) is 16.5. The van der Waals surface area contributed by atoms with Crippen LogP contribution in [0.15, 0.2) is 242 Å². The first-order valence-corrected chi connectivity index (χ1v) is 22.3. The Morgan fingerprint density at radius 3 is 1.85 bits per heavy atom. The van der Waals surface area contributed by atoms with E-state index in [4.69, 9.17) is 4.42 Å². The van der Waals surface area contributed by atoms with Gasteiger partial charge in [0.15, 0.2) is 0 Å². The average Bonchev–Trinajstić information content (AvgIpc) is 3.99. The summed E-state index contributed by atoms with van der Waals surface area (Å²) in [6.07, 6.45) is 6.01. The number of anilines is 3. The van der Waals surface area contributed by atoms with Crippen molar-refractivity contribution in [1.82, 2.24) is 4.57 Å². The molecule has 1 aliphatic rings. The quantitative estimate of drug-likeness (QED) is 0.135. The van der Waals surface area contributed by atoms with Crippen LogP contribution >= 0.6 is 0 Å². The van der Waals surface area contributed by atoms with E-state index in [0.29, 0.717) is 0 Å². The molecule has 308 valence electrons. The second-order valence-electron chi connectivity index (χ2n) is 16.9. The van der Waals surface area contributed by atoms with E-state index in [1.807, 2.05) is 24.3 Å². The summed E-state index contributed by atoms with van der Waals surface area (Å²) in [7, 11) is 0. The molecule has 0 radical (unpaired) electrons. The van der Waals surface area contributed by atoms with Crippen LogP contribution in [0.1, 0.15) is 33.5 Å². The van der Waals surface area contributed by atoms with Crippen LogP contribution in [0, 0.1) is 6.92 Å². The Bertz CT molecular complexity index is 3570. The summed E-state index contributed by atoms with van der Waals surface area (Å²) < 4.78 is 8.87. The van der Waals surface area contributed by atoms with Gasteiger partial charge in [-0.2, -0.15) is 0 Å². The molecule has 0 saturated heterocycles. The van der Waals surface area contributed by atoms with Gasteiger partial charge in [-0.25, -0.2) is 0 Å². The highest BCUT2D eigenvalue weighted by molar-refractivity contribution is 6.06. The summed E-state index contributed by atoms with van der Waals surface area (Å²) in [4.78, 5) is 2.38. The molecule has 0 atom stereocenters. The van der Waals surface area contributed by atoms with Crippen LogP contribution in [0.5, 0.6) is 0 Å². The standard InChI is InChI=1S/C62H44N2O/c1-3-4-27-58-42(2)55-39-44(31-38-59(55)64(58)47-22-12-7-13-23-47)43-29-32-48(33-30-43)63(50-35-37-54-53-25-15-17-28-60(53)65-61(54)41-50)49-34-36-52-51-24-14-16-26-56(51)62(57(52)40-49,45-18-8-5-9-19-45)46-20-10-6-11-21-46/h3-41H,1H2,2H3/b27-4-. The number of rotatable bonds is 9. The summed E-state index contributed by atoms with van der Waals surface area (Å²) in [5, 5.41) is 3.44. The van der Waals surface area contributed by atoms with Crippen molar-refractivity contribution in [3.05, 3.63) is 271 Å². The van der Waals surface area contributed by atoms with E-state index in [2.05, 4.69) is 235 Å². The number of fused-ring (bicyclic) bond motifs is 7. The topological polar surface area (TPSA) is 21.3 Å². The second-order valence-corrected chi connectivity index (χ2v) is 16.9. The van der Waals surface area contributed by atoms with Crippen molar-refractivity contribution >= 4 is 56.0 Å². The summed E-state index contributed by atoms with van der Waals surface area (Å²) >= 11 is 0. The zero-order chi connectivity index (χ0) is 43.5. The number of allylic oxidation sites excluding steroid dienone is 2. The Labute approximate surface area is 379 Å². The molecule has 0 spiro atoms. The number of hydrogen-bond donors (Lipinski definition) is 0. The fraction of sp³-hybridized carbons (Fsp3) is 0.0323. The minimum absolute atomic E-state index is 0.528. The number of hydrogen-bond acceptors (Lipinski definition) is 2. The number of furan rings is 1. The van der Waals surface area contributed by atoms with E-state index in [9.17, 15) is 0 Å². The maximum atomic E-state index is 6.52. The molecular weight excluding hydrogens is 789 g/mol. The number of aryl methyl sites for hydroxylation is 1. The average molecular weight is 833 g/mol. The first-order chi connectivity index (χ1) is 32.1. The Balaban J connectivity index is 1.03. The lowest BCUT2D eigenvalue weighted by Crippen LogP contribution is -2.28. The van der Waals surface area contributed by atoms with Crippen LogP contribution in [0.4, 0.5) is 17.1 Å². The number of para-hydroxylation sites is 2. The molecule has 0 unspecified atom stereocenters. The molecule has 0 saturated carbocycles. The van der Waals surface area contributed by atoms with Gasteiger partial charge in [-0.3, -0.25) is 0 Å². The number of nitrogens with zero attached hydrogens (tertiary/aromatic N) is 2. The van der Waals surface area contributed by atoms with E-state index in [1.54, 1.807) is 0 Å². The van der Waals surface area contributed by atoms with Gasteiger partial charge < -0.3 is 13.9 Å². The Morgan fingerprint density at radius 1 is 0.492 bits per heavy atom. The van der Waals surface area contributed by atoms with Crippen LogP contribution in [0.25, 0.3) is 66.9 Å². The summed E-state index contributed by atoms with van der Waals surface area (Å²) in [6, 6.07) is 79.3. The molecule has 3 heteroatoms. The van der Waals surface area contributed by atoms with Crippen molar-refractivity contribution in [3.63, 3.8) is 0 Å². The van der Waals surface area contributed by atoms with Crippen LogP contribution < -0.4 is 4.90 Å². The molecular formula is C62H44N2O. The zero-order valence-electron chi connectivity index (χ0n) is 36.0. The molecule has 11 aromatic rings. The third-order valence-corrected chi connectivity index (χ3v) is 13.5. The van der Waals surface area contributed by atoms with Gasteiger partial charge in [-0.15, -0.1) is 0 Å².